The largest absolute Gasteiger partial charge is 0.355 e. The second-order valence-electron chi connectivity index (χ2n) is 5.58. The van der Waals surface area contributed by atoms with Crippen molar-refractivity contribution in [3.63, 3.8) is 0 Å². The molecule has 2 heterocycles. The van der Waals surface area contributed by atoms with Gasteiger partial charge in [0.15, 0.2) is 10.8 Å². The summed E-state index contributed by atoms with van der Waals surface area (Å²) in [5.74, 6) is 1.82. The lowest BCUT2D eigenvalue weighted by Gasteiger charge is -2.36. The van der Waals surface area contributed by atoms with Gasteiger partial charge in [0.25, 0.3) is 0 Å². The molecule has 0 spiro atoms. The maximum atomic E-state index is 5.94. The van der Waals surface area contributed by atoms with Crippen molar-refractivity contribution in [1.29, 1.82) is 0 Å². The minimum atomic E-state index is 0.540. The van der Waals surface area contributed by atoms with Crippen LogP contribution in [0.4, 0.5) is 5.82 Å². The van der Waals surface area contributed by atoms with Crippen LogP contribution < -0.4 is 10.6 Å². The number of nitrogens with two attached hydrogens (primary N) is 1. The van der Waals surface area contributed by atoms with E-state index in [0.29, 0.717) is 12.6 Å². The van der Waals surface area contributed by atoms with Crippen LogP contribution in [0.5, 0.6) is 0 Å². The Morgan fingerprint density at radius 1 is 1.47 bits per heavy atom. The number of aromatic nitrogens is 2. The Morgan fingerprint density at radius 3 is 3.00 bits per heavy atom. The Kier molecular flexibility index (Phi) is 3.50. The average molecular weight is 278 g/mol. The number of fused-ring (bicyclic) bond motifs is 1. The minimum Gasteiger partial charge on any atom is -0.355 e. The molecular formula is C14H22N4S. The summed E-state index contributed by atoms with van der Waals surface area (Å²) in [5, 5.41) is 2.06. The highest BCUT2D eigenvalue weighted by atomic mass is 32.1. The topological polar surface area (TPSA) is 46.6 Å². The first-order valence-corrected chi connectivity index (χ1v) is 7.97. The molecule has 0 saturated heterocycles. The van der Waals surface area contributed by atoms with Crippen LogP contribution in [0.15, 0.2) is 11.6 Å². The van der Waals surface area contributed by atoms with E-state index in [9.17, 15) is 0 Å². The van der Waals surface area contributed by atoms with E-state index in [0.717, 1.165) is 22.4 Å². The van der Waals surface area contributed by atoms with Crippen molar-refractivity contribution in [1.82, 2.24) is 9.38 Å². The van der Waals surface area contributed by atoms with E-state index in [1.54, 1.807) is 11.3 Å². The van der Waals surface area contributed by atoms with Crippen LogP contribution in [-0.4, -0.2) is 22.5 Å². The Morgan fingerprint density at radius 2 is 2.26 bits per heavy atom. The zero-order valence-corrected chi connectivity index (χ0v) is 12.5. The van der Waals surface area contributed by atoms with E-state index < -0.39 is 0 Å². The Balaban J connectivity index is 1.95. The summed E-state index contributed by atoms with van der Waals surface area (Å²) < 4.78 is 2.13. The van der Waals surface area contributed by atoms with Gasteiger partial charge in [-0.1, -0.05) is 19.8 Å². The number of imidazole rings is 1. The molecule has 3 rings (SSSR count). The molecule has 19 heavy (non-hydrogen) atoms. The molecule has 5 heteroatoms. The predicted molar refractivity (Wildman–Crippen MR) is 80.8 cm³/mol. The molecule has 0 amide bonds. The quantitative estimate of drug-likeness (QED) is 0.939. The number of hydrogen-bond acceptors (Lipinski definition) is 4. The van der Waals surface area contributed by atoms with Gasteiger partial charge in [0.1, 0.15) is 0 Å². The molecule has 2 aromatic rings. The van der Waals surface area contributed by atoms with Crippen molar-refractivity contribution in [2.45, 2.75) is 45.2 Å². The molecule has 2 unspecified atom stereocenters. The number of hydrogen-bond donors (Lipinski definition) is 1. The molecule has 1 aliphatic carbocycles. The van der Waals surface area contributed by atoms with E-state index in [1.165, 1.54) is 25.7 Å². The van der Waals surface area contributed by atoms with Crippen molar-refractivity contribution in [2.24, 2.45) is 11.7 Å². The highest BCUT2D eigenvalue weighted by Crippen LogP contribution is 2.32. The van der Waals surface area contributed by atoms with E-state index in [2.05, 4.69) is 34.8 Å². The van der Waals surface area contributed by atoms with Crippen LogP contribution >= 0.6 is 11.3 Å². The van der Waals surface area contributed by atoms with Gasteiger partial charge in [0.2, 0.25) is 0 Å². The molecule has 2 aromatic heterocycles. The third kappa shape index (κ3) is 2.15. The molecular weight excluding hydrogens is 256 g/mol. The fraction of sp³-hybridized carbons (Fsp3) is 0.643. The summed E-state index contributed by atoms with van der Waals surface area (Å²) in [6.07, 6.45) is 7.37. The smallest absolute Gasteiger partial charge is 0.195 e. The van der Waals surface area contributed by atoms with Gasteiger partial charge in [0.05, 0.1) is 5.69 Å². The monoisotopic (exact) mass is 278 g/mol. The molecule has 2 N–H and O–H groups in total. The van der Waals surface area contributed by atoms with Gasteiger partial charge in [-0.25, -0.2) is 4.98 Å². The normalized spacial score (nSPS) is 23.9. The summed E-state index contributed by atoms with van der Waals surface area (Å²) in [6.45, 7) is 2.90. The van der Waals surface area contributed by atoms with Gasteiger partial charge >= 0.3 is 0 Å². The van der Waals surface area contributed by atoms with E-state index in [-0.39, 0.29) is 0 Å². The van der Waals surface area contributed by atoms with Crippen LogP contribution in [-0.2, 0) is 6.54 Å². The lowest BCUT2D eigenvalue weighted by molar-refractivity contribution is 0.320. The summed E-state index contributed by atoms with van der Waals surface area (Å²) in [5.41, 5.74) is 7.08. The van der Waals surface area contributed by atoms with E-state index in [4.69, 9.17) is 10.7 Å². The third-order valence-electron chi connectivity index (χ3n) is 4.43. The third-order valence-corrected chi connectivity index (χ3v) is 5.19. The average Bonchev–Trinajstić information content (AvgIpc) is 2.98. The summed E-state index contributed by atoms with van der Waals surface area (Å²) in [7, 11) is 2.18. The Hall–Kier alpha value is -1.07. The number of thiazole rings is 1. The predicted octanol–water partition coefficient (Wildman–Crippen LogP) is 2.87. The SMILES string of the molecule is CC1CCCCC1N(C)c1nc2sccn2c1CN. The molecule has 0 radical (unpaired) electrons. The van der Waals surface area contributed by atoms with Crippen molar-refractivity contribution in [2.75, 3.05) is 11.9 Å². The fourth-order valence-corrected chi connectivity index (χ4v) is 4.05. The first kappa shape index (κ1) is 12.9. The van der Waals surface area contributed by atoms with Crippen molar-refractivity contribution in [3.8, 4) is 0 Å². The lowest BCUT2D eigenvalue weighted by Crippen LogP contribution is -2.39. The number of anilines is 1. The summed E-state index contributed by atoms with van der Waals surface area (Å²) in [4.78, 5) is 8.19. The fourth-order valence-electron chi connectivity index (χ4n) is 3.32. The molecule has 1 saturated carbocycles. The van der Waals surface area contributed by atoms with Crippen LogP contribution in [0, 0.1) is 5.92 Å². The highest BCUT2D eigenvalue weighted by Gasteiger charge is 2.28. The van der Waals surface area contributed by atoms with Gasteiger partial charge in [-0.05, 0) is 18.8 Å². The standard InChI is InChI=1S/C14H22N4S/c1-10-5-3-4-6-11(10)17(2)13-12(9-15)18-7-8-19-14(18)16-13/h7-8,10-11H,3-6,9,15H2,1-2H3. The lowest BCUT2D eigenvalue weighted by atomic mass is 9.85. The Bertz CT molecular complexity index is 559. The number of rotatable bonds is 3. The maximum absolute atomic E-state index is 5.94. The molecule has 2 atom stereocenters. The second-order valence-corrected chi connectivity index (χ2v) is 6.45. The second kappa shape index (κ2) is 5.13. The zero-order valence-electron chi connectivity index (χ0n) is 11.7. The molecule has 0 aromatic carbocycles. The minimum absolute atomic E-state index is 0.540. The zero-order chi connectivity index (χ0) is 13.4. The van der Waals surface area contributed by atoms with Gasteiger partial charge in [-0.3, -0.25) is 4.40 Å². The van der Waals surface area contributed by atoms with Crippen molar-refractivity contribution < 1.29 is 0 Å². The molecule has 1 fully saturated rings. The van der Waals surface area contributed by atoms with Crippen LogP contribution in [0.25, 0.3) is 4.96 Å². The van der Waals surface area contributed by atoms with Crippen LogP contribution in [0.3, 0.4) is 0 Å². The summed E-state index contributed by atoms with van der Waals surface area (Å²) >= 11 is 1.67. The molecule has 104 valence electrons. The molecule has 0 aliphatic heterocycles. The highest BCUT2D eigenvalue weighted by molar-refractivity contribution is 7.15. The molecule has 1 aliphatic rings. The van der Waals surface area contributed by atoms with Crippen molar-refractivity contribution in [3.05, 3.63) is 17.3 Å². The van der Waals surface area contributed by atoms with Gasteiger partial charge in [0, 0.05) is 31.2 Å². The van der Waals surface area contributed by atoms with Crippen LogP contribution in [0.1, 0.15) is 38.3 Å². The summed E-state index contributed by atoms with van der Waals surface area (Å²) in [6, 6.07) is 0.601. The van der Waals surface area contributed by atoms with Crippen LogP contribution in [0.2, 0.25) is 0 Å². The first-order chi connectivity index (χ1) is 9.22. The molecule has 0 bridgehead atoms. The first-order valence-electron chi connectivity index (χ1n) is 7.09. The van der Waals surface area contributed by atoms with Gasteiger partial charge in [-0.15, -0.1) is 11.3 Å². The van der Waals surface area contributed by atoms with Gasteiger partial charge < -0.3 is 10.6 Å². The van der Waals surface area contributed by atoms with Crippen molar-refractivity contribution >= 4 is 22.1 Å². The van der Waals surface area contributed by atoms with Gasteiger partial charge in [-0.2, -0.15) is 0 Å². The van der Waals surface area contributed by atoms with E-state index >= 15 is 0 Å². The maximum Gasteiger partial charge on any atom is 0.195 e. The Labute approximate surface area is 118 Å². The molecule has 4 nitrogen and oxygen atoms in total. The number of nitrogens with zero attached hydrogens (tertiary/aromatic N) is 3. The van der Waals surface area contributed by atoms with E-state index in [1.807, 2.05) is 0 Å².